The lowest BCUT2D eigenvalue weighted by molar-refractivity contribution is 0.299. The molecule has 1 amide bonds. The molecule has 23 heavy (non-hydrogen) atoms. The summed E-state index contributed by atoms with van der Waals surface area (Å²) in [6, 6.07) is 6.67. The van der Waals surface area contributed by atoms with Crippen molar-refractivity contribution in [2.45, 2.75) is 71.6 Å². The molecule has 0 bridgehead atoms. The highest BCUT2D eigenvalue weighted by molar-refractivity contribution is 5.46. The van der Waals surface area contributed by atoms with E-state index in [0.717, 1.165) is 25.0 Å². The van der Waals surface area contributed by atoms with E-state index in [0.29, 0.717) is 13.2 Å². The summed E-state index contributed by atoms with van der Waals surface area (Å²) in [7, 11) is 0. The highest BCUT2D eigenvalue weighted by Crippen LogP contribution is 2.38. The first kappa shape index (κ1) is 19.5. The number of benzene rings is 1. The Hall–Kier alpha value is -1.51. The van der Waals surface area contributed by atoms with Crippen LogP contribution in [-0.2, 0) is 15.6 Å². The smallest absolute Gasteiger partial charge is 0.309 e. The van der Waals surface area contributed by atoms with Crippen molar-refractivity contribution in [2.75, 3.05) is 13.2 Å². The molecule has 0 aliphatic heterocycles. The third-order valence-electron chi connectivity index (χ3n) is 5.04. The molecule has 3 heteroatoms. The summed E-state index contributed by atoms with van der Waals surface area (Å²) in [5.74, 6) is 0.978. The summed E-state index contributed by atoms with van der Waals surface area (Å²) in [4.78, 5) is 10.2. The maximum Gasteiger partial charge on any atom is 0.309 e. The quantitative estimate of drug-likeness (QED) is 0.510. The summed E-state index contributed by atoms with van der Waals surface area (Å²) in [5.41, 5.74) is 2.79. The lowest BCUT2D eigenvalue weighted by atomic mass is 9.77. The topological polar surface area (TPSA) is 38.3 Å². The molecule has 0 spiro atoms. The second kappa shape index (κ2) is 8.37. The van der Waals surface area contributed by atoms with Crippen LogP contribution in [0.1, 0.15) is 71.9 Å². The number of hydrogen-bond acceptors (Lipinski definition) is 2. The average molecular weight is 318 g/mol. The number of amides is 1. The zero-order valence-electron chi connectivity index (χ0n) is 15.6. The van der Waals surface area contributed by atoms with Crippen LogP contribution in [0.2, 0.25) is 0 Å². The highest BCUT2D eigenvalue weighted by Gasteiger charge is 2.25. The first-order chi connectivity index (χ1) is 10.8. The molecule has 1 radical (unpaired) electrons. The Balaban J connectivity index is 3.04. The monoisotopic (exact) mass is 318 g/mol. The fraction of sp³-hybridized carbons (Fsp3) is 0.650. The maximum absolute atomic E-state index is 10.2. The van der Waals surface area contributed by atoms with Crippen molar-refractivity contribution < 1.29 is 9.53 Å². The van der Waals surface area contributed by atoms with Crippen LogP contribution in [0.5, 0.6) is 5.75 Å². The number of carbonyl (C=O) groups excluding carboxylic acids is 1. The van der Waals surface area contributed by atoms with Gasteiger partial charge in [0.2, 0.25) is 0 Å². The highest BCUT2D eigenvalue weighted by atomic mass is 16.5. The number of ether oxygens (including phenoxy) is 1. The predicted molar refractivity (Wildman–Crippen MR) is 96.9 cm³/mol. The van der Waals surface area contributed by atoms with E-state index in [1.54, 1.807) is 6.41 Å². The van der Waals surface area contributed by atoms with Gasteiger partial charge in [-0.1, -0.05) is 53.7 Å². The van der Waals surface area contributed by atoms with Crippen LogP contribution in [0.15, 0.2) is 18.2 Å². The van der Waals surface area contributed by atoms with Gasteiger partial charge >= 0.3 is 6.41 Å². The molecule has 1 aromatic carbocycles. The molecule has 0 aliphatic carbocycles. The van der Waals surface area contributed by atoms with Crippen molar-refractivity contribution >= 4 is 6.41 Å². The van der Waals surface area contributed by atoms with E-state index in [-0.39, 0.29) is 10.8 Å². The maximum atomic E-state index is 10.2. The van der Waals surface area contributed by atoms with Gasteiger partial charge in [0.25, 0.3) is 0 Å². The van der Waals surface area contributed by atoms with Crippen LogP contribution in [0.4, 0.5) is 0 Å². The molecule has 1 aromatic rings. The Labute approximate surface area is 141 Å². The second-order valence-electron chi connectivity index (χ2n) is 7.42. The van der Waals surface area contributed by atoms with Gasteiger partial charge in [-0.15, -0.1) is 0 Å². The summed E-state index contributed by atoms with van der Waals surface area (Å²) >= 11 is 0. The Bertz CT molecular complexity index is 506. The van der Waals surface area contributed by atoms with Crippen LogP contribution in [0, 0.1) is 0 Å². The van der Waals surface area contributed by atoms with Crippen molar-refractivity contribution in [1.29, 1.82) is 0 Å². The van der Waals surface area contributed by atoms with Gasteiger partial charge in [-0.25, -0.2) is 0 Å². The first-order valence-electron chi connectivity index (χ1n) is 8.66. The summed E-state index contributed by atoms with van der Waals surface area (Å²) in [6.45, 7) is 14.6. The van der Waals surface area contributed by atoms with Crippen molar-refractivity contribution in [3.05, 3.63) is 29.3 Å². The molecule has 3 nitrogen and oxygen atoms in total. The molecule has 0 saturated heterocycles. The number of rotatable bonds is 10. The van der Waals surface area contributed by atoms with Crippen molar-refractivity contribution in [3.63, 3.8) is 0 Å². The molecule has 1 rings (SSSR count). The third kappa shape index (κ3) is 5.26. The molecule has 0 atom stereocenters. The van der Waals surface area contributed by atoms with Gasteiger partial charge in [-0.05, 0) is 47.3 Å². The van der Waals surface area contributed by atoms with Crippen LogP contribution < -0.4 is 10.1 Å². The molecular weight excluding hydrogens is 286 g/mol. The number of hydrogen-bond donors (Lipinski definition) is 1. The van der Waals surface area contributed by atoms with Gasteiger partial charge in [0, 0.05) is 6.54 Å². The van der Waals surface area contributed by atoms with E-state index in [1.807, 2.05) is 0 Å². The van der Waals surface area contributed by atoms with E-state index >= 15 is 0 Å². The zero-order valence-corrected chi connectivity index (χ0v) is 15.6. The van der Waals surface area contributed by atoms with Crippen molar-refractivity contribution in [3.8, 4) is 5.75 Å². The van der Waals surface area contributed by atoms with Gasteiger partial charge in [-0.3, -0.25) is 4.79 Å². The van der Waals surface area contributed by atoms with Crippen LogP contribution in [0.3, 0.4) is 0 Å². The first-order valence-corrected chi connectivity index (χ1v) is 8.66. The second-order valence-corrected chi connectivity index (χ2v) is 7.42. The molecule has 0 unspecified atom stereocenters. The Morgan fingerprint density at radius 1 is 1.09 bits per heavy atom. The average Bonchev–Trinajstić information content (AvgIpc) is 2.54. The third-order valence-corrected chi connectivity index (χ3v) is 5.04. The Morgan fingerprint density at radius 2 is 1.74 bits per heavy atom. The lowest BCUT2D eigenvalue weighted by Gasteiger charge is -2.29. The summed E-state index contributed by atoms with van der Waals surface area (Å²) in [6.07, 6.45) is 4.62. The van der Waals surface area contributed by atoms with Crippen molar-refractivity contribution in [2.24, 2.45) is 0 Å². The van der Waals surface area contributed by atoms with Gasteiger partial charge in [0.15, 0.2) is 0 Å². The Kier molecular flexibility index (Phi) is 7.11. The molecular formula is C20H32NO2. The normalized spacial score (nSPS) is 12.1. The van der Waals surface area contributed by atoms with Crippen molar-refractivity contribution in [1.82, 2.24) is 5.32 Å². The lowest BCUT2D eigenvalue weighted by Crippen LogP contribution is -2.21. The molecule has 129 valence electrons. The summed E-state index contributed by atoms with van der Waals surface area (Å²) < 4.78 is 6.08. The van der Waals surface area contributed by atoms with Gasteiger partial charge in [-0.2, -0.15) is 0 Å². The van der Waals surface area contributed by atoms with E-state index in [4.69, 9.17) is 4.74 Å². The Morgan fingerprint density at radius 3 is 2.30 bits per heavy atom. The molecule has 0 heterocycles. The standard InChI is InChI=1S/C20H32NO2/c1-7-19(3,4)16-10-11-17(20(5,6)8-2)18(14-16)23-13-9-12-21-15-22/h10-11,14H,7-9,12-13H2,1-6H3,(H,21,22). The van der Waals surface area contributed by atoms with E-state index < -0.39 is 0 Å². The van der Waals surface area contributed by atoms with Crippen LogP contribution in [-0.4, -0.2) is 19.6 Å². The van der Waals surface area contributed by atoms with Crippen LogP contribution >= 0.6 is 0 Å². The SMILES string of the molecule is CCC(C)(C)c1ccc(C(C)(C)CC)c(OCCCN[C]=O)c1. The zero-order chi connectivity index (χ0) is 17.5. The predicted octanol–water partition coefficient (Wildman–Crippen LogP) is 4.49. The minimum absolute atomic E-state index is 0.0824. The van der Waals surface area contributed by atoms with Gasteiger partial charge < -0.3 is 10.1 Å². The molecule has 0 fully saturated rings. The van der Waals surface area contributed by atoms with E-state index in [9.17, 15) is 4.79 Å². The van der Waals surface area contributed by atoms with Crippen LogP contribution in [0.25, 0.3) is 0 Å². The molecule has 0 aromatic heterocycles. The summed E-state index contributed by atoms with van der Waals surface area (Å²) in [5, 5.41) is 2.55. The minimum atomic E-state index is 0.0824. The molecule has 0 aliphatic rings. The van der Waals surface area contributed by atoms with Gasteiger partial charge in [0.1, 0.15) is 5.75 Å². The molecule has 0 saturated carbocycles. The van der Waals surface area contributed by atoms with E-state index in [2.05, 4.69) is 65.1 Å². The van der Waals surface area contributed by atoms with Gasteiger partial charge in [0.05, 0.1) is 6.61 Å². The fourth-order valence-electron chi connectivity index (χ4n) is 2.41. The minimum Gasteiger partial charge on any atom is -0.493 e. The largest absolute Gasteiger partial charge is 0.493 e. The number of nitrogens with one attached hydrogen (secondary N) is 1. The molecule has 1 N–H and O–H groups in total. The fourth-order valence-corrected chi connectivity index (χ4v) is 2.41. The van der Waals surface area contributed by atoms with E-state index in [1.165, 1.54) is 11.1 Å².